The molecule has 3 heterocycles. The molecule has 2 aromatic heterocycles. The molecule has 1 saturated heterocycles. The number of hydrogen-bond donors (Lipinski definition) is 0. The van der Waals surface area contributed by atoms with Gasteiger partial charge in [-0.05, 0) is 12.8 Å². The third kappa shape index (κ3) is 2.08. The van der Waals surface area contributed by atoms with Crippen LogP contribution in [0, 0.1) is 0 Å². The first-order valence-electron chi connectivity index (χ1n) is 6.32. The lowest BCUT2D eigenvalue weighted by atomic mass is 9.95. The van der Waals surface area contributed by atoms with E-state index < -0.39 is 0 Å². The lowest BCUT2D eigenvalue weighted by Gasteiger charge is -2.33. The van der Waals surface area contributed by atoms with E-state index in [1.807, 2.05) is 18.7 Å². The van der Waals surface area contributed by atoms with Crippen molar-refractivity contribution in [2.24, 2.45) is 7.05 Å². The van der Waals surface area contributed by atoms with Crippen LogP contribution in [0.2, 0.25) is 0 Å². The first kappa shape index (κ1) is 11.2. The van der Waals surface area contributed by atoms with E-state index in [4.69, 9.17) is 0 Å². The highest BCUT2D eigenvalue weighted by Gasteiger charge is 2.24. The van der Waals surface area contributed by atoms with Crippen molar-refractivity contribution in [2.75, 3.05) is 18.0 Å². The molecule has 18 heavy (non-hydrogen) atoms. The number of rotatable bonds is 2. The Morgan fingerprint density at radius 2 is 2.17 bits per heavy atom. The lowest BCUT2D eigenvalue weighted by molar-refractivity contribution is 0.488. The monoisotopic (exact) mass is 243 g/mol. The number of aromatic nitrogens is 4. The summed E-state index contributed by atoms with van der Waals surface area (Å²) in [6, 6.07) is 0. The van der Waals surface area contributed by atoms with Gasteiger partial charge in [-0.3, -0.25) is 4.98 Å². The third-order valence-electron chi connectivity index (χ3n) is 3.57. The zero-order valence-corrected chi connectivity index (χ0v) is 10.5. The molecule has 0 saturated carbocycles. The van der Waals surface area contributed by atoms with E-state index in [9.17, 15) is 0 Å². The van der Waals surface area contributed by atoms with Crippen molar-refractivity contribution in [3.63, 3.8) is 0 Å². The molecule has 1 aliphatic rings. The second-order valence-corrected chi connectivity index (χ2v) is 4.78. The predicted octanol–water partition coefficient (Wildman–Crippen LogP) is 1.59. The zero-order valence-electron chi connectivity index (χ0n) is 10.5. The minimum Gasteiger partial charge on any atom is -0.355 e. The SMILES string of the molecule is Cn1cncc1C1CCCN(c2cnccn2)C1. The Balaban J connectivity index is 1.79. The molecular formula is C13H17N5. The summed E-state index contributed by atoms with van der Waals surface area (Å²) in [5.74, 6) is 1.51. The molecule has 0 amide bonds. The summed E-state index contributed by atoms with van der Waals surface area (Å²) in [6.45, 7) is 2.06. The molecule has 3 rings (SSSR count). The molecular weight excluding hydrogens is 226 g/mol. The van der Waals surface area contributed by atoms with Crippen molar-refractivity contribution in [3.05, 3.63) is 36.8 Å². The summed E-state index contributed by atoms with van der Waals surface area (Å²) in [5, 5.41) is 0. The standard InChI is InChI=1S/C13H17N5/c1-17-10-15-7-12(17)11-3-2-6-18(9-11)13-8-14-4-5-16-13/h4-5,7-8,10-11H,2-3,6,9H2,1H3. The predicted molar refractivity (Wildman–Crippen MR) is 69.4 cm³/mol. The van der Waals surface area contributed by atoms with E-state index in [1.165, 1.54) is 18.5 Å². The normalized spacial score (nSPS) is 20.1. The van der Waals surface area contributed by atoms with Gasteiger partial charge in [0.1, 0.15) is 5.82 Å². The molecule has 0 bridgehead atoms. The quantitative estimate of drug-likeness (QED) is 0.803. The van der Waals surface area contributed by atoms with Crippen LogP contribution in [0.5, 0.6) is 0 Å². The average Bonchev–Trinajstić information content (AvgIpc) is 2.86. The topological polar surface area (TPSA) is 46.8 Å². The summed E-state index contributed by atoms with van der Waals surface area (Å²) in [7, 11) is 2.06. The number of aryl methyl sites for hydroxylation is 1. The zero-order chi connectivity index (χ0) is 12.4. The van der Waals surface area contributed by atoms with E-state index in [2.05, 4.69) is 31.5 Å². The Bertz CT molecular complexity index is 507. The minimum absolute atomic E-state index is 0.535. The Labute approximate surface area is 107 Å². The Morgan fingerprint density at radius 1 is 1.22 bits per heavy atom. The number of piperidine rings is 1. The Morgan fingerprint density at radius 3 is 2.89 bits per heavy atom. The lowest BCUT2D eigenvalue weighted by Crippen LogP contribution is -2.35. The van der Waals surface area contributed by atoms with E-state index in [1.54, 1.807) is 12.4 Å². The number of imidazole rings is 1. The van der Waals surface area contributed by atoms with Gasteiger partial charge in [-0.25, -0.2) is 9.97 Å². The highest BCUT2D eigenvalue weighted by Crippen LogP contribution is 2.28. The van der Waals surface area contributed by atoms with Crippen LogP contribution in [0.15, 0.2) is 31.1 Å². The smallest absolute Gasteiger partial charge is 0.147 e. The van der Waals surface area contributed by atoms with E-state index >= 15 is 0 Å². The van der Waals surface area contributed by atoms with E-state index in [0.717, 1.165) is 18.9 Å². The molecule has 5 heteroatoms. The second-order valence-electron chi connectivity index (χ2n) is 4.78. The summed E-state index contributed by atoms with van der Waals surface area (Å²) in [4.78, 5) is 15.0. The van der Waals surface area contributed by atoms with Crippen molar-refractivity contribution in [1.82, 2.24) is 19.5 Å². The maximum atomic E-state index is 4.38. The fraction of sp³-hybridized carbons (Fsp3) is 0.462. The van der Waals surface area contributed by atoms with Crippen LogP contribution in [0.3, 0.4) is 0 Å². The molecule has 0 aliphatic carbocycles. The van der Waals surface area contributed by atoms with Crippen LogP contribution in [0.25, 0.3) is 0 Å². The first-order chi connectivity index (χ1) is 8.84. The van der Waals surface area contributed by atoms with Gasteiger partial charge in [0.25, 0.3) is 0 Å². The molecule has 94 valence electrons. The summed E-state index contributed by atoms with van der Waals surface area (Å²) in [6.07, 6.45) is 11.6. The molecule has 1 atom stereocenters. The Kier molecular flexibility index (Phi) is 2.96. The maximum absolute atomic E-state index is 4.38. The van der Waals surface area contributed by atoms with Gasteiger partial charge in [0, 0.05) is 50.3 Å². The number of anilines is 1. The van der Waals surface area contributed by atoms with E-state index in [-0.39, 0.29) is 0 Å². The Hall–Kier alpha value is -1.91. The van der Waals surface area contributed by atoms with Crippen molar-refractivity contribution in [3.8, 4) is 0 Å². The largest absolute Gasteiger partial charge is 0.355 e. The van der Waals surface area contributed by atoms with Crippen molar-refractivity contribution in [2.45, 2.75) is 18.8 Å². The van der Waals surface area contributed by atoms with Crippen molar-refractivity contribution in [1.29, 1.82) is 0 Å². The summed E-state index contributed by atoms with van der Waals surface area (Å²) in [5.41, 5.74) is 1.31. The molecule has 2 aromatic rings. The molecule has 0 spiro atoms. The fourth-order valence-corrected chi connectivity index (χ4v) is 2.64. The third-order valence-corrected chi connectivity index (χ3v) is 3.57. The molecule has 0 aromatic carbocycles. The molecule has 1 aliphatic heterocycles. The minimum atomic E-state index is 0.535. The van der Waals surface area contributed by atoms with Crippen LogP contribution in [-0.2, 0) is 7.05 Å². The van der Waals surface area contributed by atoms with Gasteiger partial charge in [-0.1, -0.05) is 0 Å². The van der Waals surface area contributed by atoms with Gasteiger partial charge in [0.05, 0.1) is 12.5 Å². The number of nitrogens with zero attached hydrogens (tertiary/aromatic N) is 5. The van der Waals surface area contributed by atoms with Crippen LogP contribution in [0.1, 0.15) is 24.5 Å². The van der Waals surface area contributed by atoms with Crippen LogP contribution >= 0.6 is 0 Å². The van der Waals surface area contributed by atoms with Crippen LogP contribution < -0.4 is 4.90 Å². The van der Waals surface area contributed by atoms with E-state index in [0.29, 0.717) is 5.92 Å². The molecule has 1 fully saturated rings. The highest BCUT2D eigenvalue weighted by atomic mass is 15.2. The molecule has 0 radical (unpaired) electrons. The van der Waals surface area contributed by atoms with Gasteiger partial charge in [-0.15, -0.1) is 0 Å². The summed E-state index contributed by atoms with van der Waals surface area (Å²) < 4.78 is 2.12. The first-order valence-corrected chi connectivity index (χ1v) is 6.32. The van der Waals surface area contributed by atoms with Gasteiger partial charge >= 0.3 is 0 Å². The fourth-order valence-electron chi connectivity index (χ4n) is 2.64. The summed E-state index contributed by atoms with van der Waals surface area (Å²) >= 11 is 0. The van der Waals surface area contributed by atoms with Crippen molar-refractivity contribution < 1.29 is 0 Å². The highest BCUT2D eigenvalue weighted by molar-refractivity contribution is 5.36. The van der Waals surface area contributed by atoms with Crippen LogP contribution in [-0.4, -0.2) is 32.6 Å². The molecule has 1 unspecified atom stereocenters. The number of hydrogen-bond acceptors (Lipinski definition) is 4. The molecule has 5 nitrogen and oxygen atoms in total. The maximum Gasteiger partial charge on any atom is 0.147 e. The van der Waals surface area contributed by atoms with Gasteiger partial charge < -0.3 is 9.47 Å². The van der Waals surface area contributed by atoms with Gasteiger partial charge in [-0.2, -0.15) is 0 Å². The van der Waals surface area contributed by atoms with Crippen LogP contribution in [0.4, 0.5) is 5.82 Å². The molecule has 0 N–H and O–H groups in total. The second kappa shape index (κ2) is 4.76. The van der Waals surface area contributed by atoms with Crippen molar-refractivity contribution >= 4 is 5.82 Å². The van der Waals surface area contributed by atoms with Gasteiger partial charge in [0.2, 0.25) is 0 Å². The average molecular weight is 243 g/mol. The van der Waals surface area contributed by atoms with Gasteiger partial charge in [0.15, 0.2) is 0 Å².